The number of hydrogen-bond acceptors (Lipinski definition) is 4. The van der Waals surface area contributed by atoms with Crippen LogP contribution >= 0.6 is 0 Å². The number of allylic oxidation sites excluding steroid dienone is 5. The van der Waals surface area contributed by atoms with E-state index in [0.29, 0.717) is 17.8 Å². The molecule has 0 bridgehead atoms. The van der Waals surface area contributed by atoms with Crippen molar-refractivity contribution in [3.8, 4) is 11.3 Å². The Kier molecular flexibility index (Phi) is 5.62. The summed E-state index contributed by atoms with van der Waals surface area (Å²) < 4.78 is 13.6. The Labute approximate surface area is 158 Å². The first kappa shape index (κ1) is 18.7. The minimum atomic E-state index is -0.467. The summed E-state index contributed by atoms with van der Waals surface area (Å²) >= 11 is 0. The van der Waals surface area contributed by atoms with Gasteiger partial charge in [-0.1, -0.05) is 12.1 Å². The summed E-state index contributed by atoms with van der Waals surface area (Å²) in [6, 6.07) is 8.79. The van der Waals surface area contributed by atoms with Crippen molar-refractivity contribution in [1.82, 2.24) is 10.3 Å². The topological polar surface area (TPSA) is 69.0 Å². The molecule has 27 heavy (non-hydrogen) atoms. The molecule has 5 heteroatoms. The lowest BCUT2D eigenvalue weighted by molar-refractivity contribution is 0.196. The third kappa shape index (κ3) is 4.38. The van der Waals surface area contributed by atoms with Crippen molar-refractivity contribution in [3.63, 3.8) is 0 Å². The van der Waals surface area contributed by atoms with Crippen LogP contribution in [0.1, 0.15) is 18.1 Å². The van der Waals surface area contributed by atoms with Gasteiger partial charge in [-0.25, -0.2) is 4.39 Å². The van der Waals surface area contributed by atoms with E-state index in [2.05, 4.69) is 10.3 Å². The number of aromatic nitrogens is 1. The first-order chi connectivity index (χ1) is 13.0. The molecule has 1 heterocycles. The molecule has 4 nitrogen and oxygen atoms in total. The number of rotatable bonds is 5. The van der Waals surface area contributed by atoms with Crippen molar-refractivity contribution in [2.45, 2.75) is 20.0 Å². The molecule has 0 aliphatic heterocycles. The maximum Gasteiger partial charge on any atom is 0.126 e. The van der Waals surface area contributed by atoms with Gasteiger partial charge in [0, 0.05) is 35.6 Å². The van der Waals surface area contributed by atoms with E-state index >= 15 is 0 Å². The molecular weight excluding hydrogens is 341 g/mol. The van der Waals surface area contributed by atoms with Crippen LogP contribution in [-0.2, 0) is 0 Å². The Morgan fingerprint density at radius 2 is 2.11 bits per heavy atom. The molecule has 1 aliphatic rings. The van der Waals surface area contributed by atoms with Gasteiger partial charge in [0.25, 0.3) is 0 Å². The zero-order valence-electron chi connectivity index (χ0n) is 15.3. The second kappa shape index (κ2) is 8.10. The summed E-state index contributed by atoms with van der Waals surface area (Å²) in [4.78, 5) is 4.51. The van der Waals surface area contributed by atoms with Gasteiger partial charge in [0.1, 0.15) is 5.82 Å². The molecule has 3 N–H and O–H groups in total. The number of benzene rings is 1. The molecule has 1 atom stereocenters. The lowest BCUT2D eigenvalue weighted by atomic mass is 9.92. The summed E-state index contributed by atoms with van der Waals surface area (Å²) in [5, 5.41) is 20.5. The molecule has 3 rings (SSSR count). The summed E-state index contributed by atoms with van der Waals surface area (Å²) in [5.74, 6) is -0.240. The van der Waals surface area contributed by atoms with Crippen LogP contribution in [0.5, 0.6) is 0 Å². The van der Waals surface area contributed by atoms with Gasteiger partial charge in [-0.05, 0) is 61.4 Å². The standard InChI is InChI=1S/C22H22FN3O/c1-14-10-17(5-7-20(14)23)22-19(4-3-9-26-22)16-6-8-21(24)18(11-16)13-25-12-15(2)27/h3-11,13,15,24-25,27H,12H2,1-2H3/b18-13-,24-21?. The number of halogens is 1. The van der Waals surface area contributed by atoms with Gasteiger partial charge >= 0.3 is 0 Å². The lowest BCUT2D eigenvalue weighted by Gasteiger charge is -2.15. The minimum absolute atomic E-state index is 0.240. The van der Waals surface area contributed by atoms with Gasteiger partial charge in [0.15, 0.2) is 0 Å². The zero-order valence-corrected chi connectivity index (χ0v) is 15.3. The molecule has 0 amide bonds. The SMILES string of the molecule is Cc1cc(-c2ncccc2C2=C/C(=C/NCC(C)O)C(=N)C=C2)ccc1F. The van der Waals surface area contributed by atoms with Crippen molar-refractivity contribution < 1.29 is 9.50 Å². The highest BCUT2D eigenvalue weighted by Gasteiger charge is 2.14. The van der Waals surface area contributed by atoms with Crippen LogP contribution in [0.25, 0.3) is 16.8 Å². The van der Waals surface area contributed by atoms with Crippen LogP contribution < -0.4 is 5.32 Å². The Morgan fingerprint density at radius 1 is 1.30 bits per heavy atom. The third-order valence-electron chi connectivity index (χ3n) is 4.27. The largest absolute Gasteiger partial charge is 0.392 e. The van der Waals surface area contributed by atoms with Gasteiger partial charge in [0.05, 0.1) is 17.5 Å². The summed E-state index contributed by atoms with van der Waals surface area (Å²) in [7, 11) is 0. The van der Waals surface area contributed by atoms with E-state index in [4.69, 9.17) is 5.41 Å². The summed E-state index contributed by atoms with van der Waals surface area (Å²) in [5.41, 5.74) is 5.12. The average molecular weight is 363 g/mol. The van der Waals surface area contributed by atoms with Gasteiger partial charge in [-0.3, -0.25) is 4.98 Å². The maximum absolute atomic E-state index is 13.6. The quantitative estimate of drug-likeness (QED) is 0.751. The fourth-order valence-corrected chi connectivity index (χ4v) is 2.85. The van der Waals surface area contributed by atoms with E-state index in [1.165, 1.54) is 6.07 Å². The molecule has 1 aromatic heterocycles. The minimum Gasteiger partial charge on any atom is -0.392 e. The van der Waals surface area contributed by atoms with E-state index < -0.39 is 6.10 Å². The van der Waals surface area contributed by atoms with Crippen molar-refractivity contribution in [1.29, 1.82) is 5.41 Å². The second-order valence-corrected chi connectivity index (χ2v) is 6.57. The van der Waals surface area contributed by atoms with Crippen LogP contribution in [0, 0.1) is 18.2 Å². The number of aryl methyl sites for hydroxylation is 1. The highest BCUT2D eigenvalue weighted by atomic mass is 19.1. The number of nitrogens with one attached hydrogen (secondary N) is 2. The third-order valence-corrected chi connectivity index (χ3v) is 4.27. The number of aliphatic hydroxyl groups excluding tert-OH is 1. The van der Waals surface area contributed by atoms with Gasteiger partial charge in [-0.2, -0.15) is 0 Å². The number of aliphatic hydroxyl groups is 1. The van der Waals surface area contributed by atoms with Crippen molar-refractivity contribution in [2.75, 3.05) is 6.54 Å². The van der Waals surface area contributed by atoms with Crippen LogP contribution in [-0.4, -0.2) is 28.5 Å². The van der Waals surface area contributed by atoms with E-state index in [-0.39, 0.29) is 5.82 Å². The molecule has 2 aromatic rings. The van der Waals surface area contributed by atoms with Gasteiger partial charge < -0.3 is 15.8 Å². The van der Waals surface area contributed by atoms with Crippen molar-refractivity contribution >= 4 is 11.3 Å². The number of hydrogen-bond donors (Lipinski definition) is 3. The molecule has 0 radical (unpaired) electrons. The molecule has 1 aliphatic carbocycles. The summed E-state index contributed by atoms with van der Waals surface area (Å²) in [6.07, 6.45) is 8.51. The number of nitrogens with zero attached hydrogens (tertiary/aromatic N) is 1. The molecule has 0 spiro atoms. The van der Waals surface area contributed by atoms with Crippen LogP contribution in [0.3, 0.4) is 0 Å². The lowest BCUT2D eigenvalue weighted by Crippen LogP contribution is -2.20. The molecule has 1 aromatic carbocycles. The van der Waals surface area contributed by atoms with Crippen LogP contribution in [0.4, 0.5) is 4.39 Å². The van der Waals surface area contributed by atoms with Crippen molar-refractivity contribution in [3.05, 3.63) is 83.5 Å². The predicted molar refractivity (Wildman–Crippen MR) is 107 cm³/mol. The fraction of sp³-hybridized carbons (Fsp3) is 0.182. The second-order valence-electron chi connectivity index (χ2n) is 6.57. The van der Waals surface area contributed by atoms with E-state index in [1.54, 1.807) is 44.5 Å². The Balaban J connectivity index is 2.00. The van der Waals surface area contributed by atoms with Crippen LogP contribution in [0.15, 0.2) is 66.5 Å². The molecule has 0 fully saturated rings. The fourth-order valence-electron chi connectivity index (χ4n) is 2.85. The molecule has 138 valence electrons. The molecule has 0 saturated heterocycles. The van der Waals surface area contributed by atoms with Crippen molar-refractivity contribution in [2.24, 2.45) is 0 Å². The van der Waals surface area contributed by atoms with Crippen LogP contribution in [0.2, 0.25) is 0 Å². The zero-order chi connectivity index (χ0) is 19.4. The highest BCUT2D eigenvalue weighted by Crippen LogP contribution is 2.31. The van der Waals surface area contributed by atoms with E-state index in [9.17, 15) is 9.50 Å². The first-order valence-corrected chi connectivity index (χ1v) is 8.78. The average Bonchev–Trinajstić information content (AvgIpc) is 2.65. The van der Waals surface area contributed by atoms with Gasteiger partial charge in [0.2, 0.25) is 0 Å². The highest BCUT2D eigenvalue weighted by molar-refractivity contribution is 6.13. The maximum atomic E-state index is 13.6. The predicted octanol–water partition coefficient (Wildman–Crippen LogP) is 4.02. The van der Waals surface area contributed by atoms with E-state index in [0.717, 1.165) is 28.0 Å². The number of pyridine rings is 1. The normalized spacial score (nSPS) is 16.4. The molecule has 0 saturated carbocycles. The molecular formula is C22H22FN3O. The monoisotopic (exact) mass is 363 g/mol. The smallest absolute Gasteiger partial charge is 0.126 e. The Bertz CT molecular complexity index is 958. The van der Waals surface area contributed by atoms with Gasteiger partial charge in [-0.15, -0.1) is 0 Å². The first-order valence-electron chi connectivity index (χ1n) is 8.78. The Morgan fingerprint density at radius 3 is 2.85 bits per heavy atom. The summed E-state index contributed by atoms with van der Waals surface area (Å²) in [6.45, 7) is 3.85. The Hall–Kier alpha value is -3.05. The molecule has 1 unspecified atom stereocenters. The van der Waals surface area contributed by atoms with E-state index in [1.807, 2.05) is 24.3 Å².